The quantitative estimate of drug-likeness (QED) is 0.760. The normalized spacial score (nSPS) is 10.1. The molecule has 0 spiro atoms. The van der Waals surface area contributed by atoms with Crippen LogP contribution in [0.5, 0.6) is 0 Å². The zero-order chi connectivity index (χ0) is 13.2. The summed E-state index contributed by atoms with van der Waals surface area (Å²) < 4.78 is 6.19. The average Bonchev–Trinajstić information content (AvgIpc) is 2.36. The third kappa shape index (κ3) is 6.61. The SMILES string of the molecule is CCOCCCNC(=O)NCc1cccc(Br)c1. The van der Waals surface area contributed by atoms with Gasteiger partial charge in [0.05, 0.1) is 0 Å². The molecule has 0 aliphatic carbocycles. The molecule has 0 aliphatic heterocycles. The number of urea groups is 1. The van der Waals surface area contributed by atoms with E-state index in [1.165, 1.54) is 0 Å². The number of hydrogen-bond donors (Lipinski definition) is 2. The maximum absolute atomic E-state index is 11.5. The minimum atomic E-state index is -0.147. The van der Waals surface area contributed by atoms with Crippen molar-refractivity contribution < 1.29 is 9.53 Å². The van der Waals surface area contributed by atoms with Gasteiger partial charge >= 0.3 is 6.03 Å². The van der Waals surface area contributed by atoms with E-state index in [4.69, 9.17) is 4.74 Å². The molecule has 2 N–H and O–H groups in total. The number of nitrogens with one attached hydrogen (secondary N) is 2. The van der Waals surface area contributed by atoms with E-state index in [-0.39, 0.29) is 6.03 Å². The highest BCUT2D eigenvalue weighted by Gasteiger charge is 2.00. The maximum atomic E-state index is 11.5. The summed E-state index contributed by atoms with van der Waals surface area (Å²) in [5.41, 5.74) is 1.06. The average molecular weight is 315 g/mol. The molecule has 100 valence electrons. The van der Waals surface area contributed by atoms with E-state index in [1.54, 1.807) is 0 Å². The Balaban J connectivity index is 2.13. The number of carbonyl (C=O) groups is 1. The minimum Gasteiger partial charge on any atom is -0.382 e. The van der Waals surface area contributed by atoms with Crippen LogP contribution in [0.3, 0.4) is 0 Å². The first-order chi connectivity index (χ1) is 8.72. The highest BCUT2D eigenvalue weighted by Crippen LogP contribution is 2.11. The molecule has 1 aromatic rings. The van der Waals surface area contributed by atoms with Crippen molar-refractivity contribution in [2.24, 2.45) is 0 Å². The molecule has 0 saturated carbocycles. The fourth-order valence-corrected chi connectivity index (χ4v) is 1.86. The van der Waals surface area contributed by atoms with Gasteiger partial charge in [0.25, 0.3) is 0 Å². The molecule has 18 heavy (non-hydrogen) atoms. The predicted molar refractivity (Wildman–Crippen MR) is 75.5 cm³/mol. The second-order valence-corrected chi connectivity index (χ2v) is 4.71. The Morgan fingerprint density at radius 2 is 2.22 bits per heavy atom. The molecule has 0 bridgehead atoms. The Kier molecular flexibility index (Phi) is 7.44. The second kappa shape index (κ2) is 8.94. The lowest BCUT2D eigenvalue weighted by Gasteiger charge is -2.08. The molecule has 0 heterocycles. The van der Waals surface area contributed by atoms with Crippen LogP contribution in [-0.2, 0) is 11.3 Å². The fraction of sp³-hybridized carbons (Fsp3) is 0.462. The second-order valence-electron chi connectivity index (χ2n) is 3.79. The summed E-state index contributed by atoms with van der Waals surface area (Å²) in [7, 11) is 0. The summed E-state index contributed by atoms with van der Waals surface area (Å²) >= 11 is 3.39. The molecule has 0 atom stereocenters. The van der Waals surface area contributed by atoms with Crippen LogP contribution in [0.2, 0.25) is 0 Å². The van der Waals surface area contributed by atoms with E-state index in [0.29, 0.717) is 19.7 Å². The fourth-order valence-electron chi connectivity index (χ4n) is 1.41. The Bertz CT molecular complexity index is 372. The van der Waals surface area contributed by atoms with Gasteiger partial charge in [0.15, 0.2) is 0 Å². The number of carbonyl (C=O) groups excluding carboxylic acids is 1. The van der Waals surface area contributed by atoms with E-state index < -0.39 is 0 Å². The zero-order valence-electron chi connectivity index (χ0n) is 10.5. The van der Waals surface area contributed by atoms with Crippen LogP contribution in [-0.4, -0.2) is 25.8 Å². The smallest absolute Gasteiger partial charge is 0.315 e. The number of ether oxygens (including phenoxy) is 1. The molecule has 0 radical (unpaired) electrons. The third-order valence-corrected chi connectivity index (χ3v) is 2.79. The minimum absolute atomic E-state index is 0.147. The van der Waals surface area contributed by atoms with E-state index in [0.717, 1.165) is 23.1 Å². The van der Waals surface area contributed by atoms with Gasteiger partial charge in [-0.2, -0.15) is 0 Å². The lowest BCUT2D eigenvalue weighted by atomic mass is 10.2. The number of hydrogen-bond acceptors (Lipinski definition) is 2. The van der Waals surface area contributed by atoms with Crippen molar-refractivity contribution in [3.63, 3.8) is 0 Å². The molecule has 1 rings (SSSR count). The topological polar surface area (TPSA) is 50.4 Å². The van der Waals surface area contributed by atoms with Crippen molar-refractivity contribution in [1.29, 1.82) is 0 Å². The first kappa shape index (κ1) is 15.0. The molecule has 5 heteroatoms. The van der Waals surface area contributed by atoms with Crippen LogP contribution in [0.15, 0.2) is 28.7 Å². The van der Waals surface area contributed by atoms with Crippen molar-refractivity contribution >= 4 is 22.0 Å². The molecular formula is C13H19BrN2O2. The molecule has 4 nitrogen and oxygen atoms in total. The molecule has 1 aromatic carbocycles. The van der Waals surface area contributed by atoms with Crippen LogP contribution >= 0.6 is 15.9 Å². The lowest BCUT2D eigenvalue weighted by Crippen LogP contribution is -2.35. The number of rotatable bonds is 7. The first-order valence-electron chi connectivity index (χ1n) is 6.06. The van der Waals surface area contributed by atoms with E-state index in [9.17, 15) is 4.79 Å². The van der Waals surface area contributed by atoms with Crippen LogP contribution in [0.25, 0.3) is 0 Å². The molecule has 0 saturated heterocycles. The Hall–Kier alpha value is -1.07. The van der Waals surface area contributed by atoms with Gasteiger partial charge in [-0.1, -0.05) is 28.1 Å². The lowest BCUT2D eigenvalue weighted by molar-refractivity contribution is 0.145. The predicted octanol–water partition coefficient (Wildman–Crippen LogP) is 2.67. The van der Waals surface area contributed by atoms with Gasteiger partial charge in [-0.15, -0.1) is 0 Å². The van der Waals surface area contributed by atoms with E-state index in [1.807, 2.05) is 31.2 Å². The first-order valence-corrected chi connectivity index (χ1v) is 6.85. The molecule has 0 unspecified atom stereocenters. The van der Waals surface area contributed by atoms with Crippen LogP contribution in [0, 0.1) is 0 Å². The molecule has 0 aromatic heterocycles. The Labute approximate surface area is 116 Å². The third-order valence-electron chi connectivity index (χ3n) is 2.30. The van der Waals surface area contributed by atoms with Gasteiger partial charge in [-0.05, 0) is 31.0 Å². The highest BCUT2D eigenvalue weighted by atomic mass is 79.9. The number of halogens is 1. The number of benzene rings is 1. The van der Waals surface area contributed by atoms with E-state index in [2.05, 4.69) is 26.6 Å². The summed E-state index contributed by atoms with van der Waals surface area (Å²) in [6, 6.07) is 7.71. The van der Waals surface area contributed by atoms with Crippen molar-refractivity contribution in [2.75, 3.05) is 19.8 Å². The molecule has 2 amide bonds. The van der Waals surface area contributed by atoms with Crippen LogP contribution < -0.4 is 10.6 Å². The maximum Gasteiger partial charge on any atom is 0.315 e. The largest absolute Gasteiger partial charge is 0.382 e. The summed E-state index contributed by atoms with van der Waals surface area (Å²) in [5, 5.41) is 5.59. The Morgan fingerprint density at radius 3 is 2.94 bits per heavy atom. The number of amides is 2. The summed E-state index contributed by atoms with van der Waals surface area (Å²) in [6.45, 7) is 4.51. The van der Waals surface area contributed by atoms with Gasteiger partial charge in [0, 0.05) is 30.8 Å². The monoisotopic (exact) mass is 314 g/mol. The van der Waals surface area contributed by atoms with Crippen molar-refractivity contribution in [1.82, 2.24) is 10.6 Å². The summed E-state index contributed by atoms with van der Waals surface area (Å²) in [5.74, 6) is 0. The van der Waals surface area contributed by atoms with Crippen molar-refractivity contribution in [3.05, 3.63) is 34.3 Å². The molecule has 0 fully saturated rings. The summed E-state index contributed by atoms with van der Waals surface area (Å²) in [6.07, 6.45) is 0.831. The zero-order valence-corrected chi connectivity index (χ0v) is 12.1. The highest BCUT2D eigenvalue weighted by molar-refractivity contribution is 9.10. The molecule has 0 aliphatic rings. The molecular weight excluding hydrogens is 296 g/mol. The van der Waals surface area contributed by atoms with Crippen LogP contribution in [0.1, 0.15) is 18.9 Å². The van der Waals surface area contributed by atoms with Gasteiger partial charge in [0.2, 0.25) is 0 Å². The van der Waals surface area contributed by atoms with Crippen molar-refractivity contribution in [2.45, 2.75) is 19.9 Å². The van der Waals surface area contributed by atoms with E-state index >= 15 is 0 Å². The standard InChI is InChI=1S/C13H19BrN2O2/c1-2-18-8-4-7-15-13(17)16-10-11-5-3-6-12(14)9-11/h3,5-6,9H,2,4,7-8,10H2,1H3,(H2,15,16,17). The van der Waals surface area contributed by atoms with Gasteiger partial charge in [0.1, 0.15) is 0 Å². The van der Waals surface area contributed by atoms with Crippen molar-refractivity contribution in [3.8, 4) is 0 Å². The Morgan fingerprint density at radius 1 is 1.39 bits per heavy atom. The van der Waals surface area contributed by atoms with Crippen LogP contribution in [0.4, 0.5) is 4.79 Å². The summed E-state index contributed by atoms with van der Waals surface area (Å²) in [4.78, 5) is 11.5. The van der Waals surface area contributed by atoms with Gasteiger partial charge < -0.3 is 15.4 Å². The van der Waals surface area contributed by atoms with Gasteiger partial charge in [-0.3, -0.25) is 0 Å². The van der Waals surface area contributed by atoms with Gasteiger partial charge in [-0.25, -0.2) is 4.79 Å².